The Labute approximate surface area is 104 Å². The van der Waals surface area contributed by atoms with E-state index >= 15 is 0 Å². The molecule has 0 bridgehead atoms. The fourth-order valence-corrected chi connectivity index (χ4v) is 2.38. The summed E-state index contributed by atoms with van der Waals surface area (Å²) in [5.74, 6) is 0.130. The highest BCUT2D eigenvalue weighted by Crippen LogP contribution is 2.22. The highest BCUT2D eigenvalue weighted by Gasteiger charge is 2.27. The highest BCUT2D eigenvalue weighted by atomic mass is 16.5. The summed E-state index contributed by atoms with van der Waals surface area (Å²) in [6, 6.07) is 0.199. The number of nitrogens with two attached hydrogens (primary N) is 1. The Hall–Kier alpha value is -0.610. The number of carbonyl (C=O) groups is 1. The second-order valence-electron chi connectivity index (χ2n) is 5.10. The molecule has 0 saturated heterocycles. The molecule has 17 heavy (non-hydrogen) atoms. The number of ether oxygens (including phenoxy) is 1. The molecule has 0 spiro atoms. The smallest absolute Gasteiger partial charge is 0.224 e. The molecular weight excluding hydrogens is 216 g/mol. The average molecular weight is 242 g/mol. The molecule has 1 amide bonds. The Bertz CT molecular complexity index is 233. The number of amides is 1. The van der Waals surface area contributed by atoms with Crippen molar-refractivity contribution in [3.8, 4) is 0 Å². The summed E-state index contributed by atoms with van der Waals surface area (Å²) < 4.78 is 5.00. The molecule has 4 heteroatoms. The van der Waals surface area contributed by atoms with E-state index in [1.54, 1.807) is 7.11 Å². The average Bonchev–Trinajstić information content (AvgIpc) is 2.51. The van der Waals surface area contributed by atoms with Crippen molar-refractivity contribution in [1.82, 2.24) is 5.32 Å². The minimum atomic E-state index is 0.00231. The monoisotopic (exact) mass is 242 g/mol. The minimum Gasteiger partial charge on any atom is -0.385 e. The van der Waals surface area contributed by atoms with Crippen molar-refractivity contribution >= 4 is 5.91 Å². The molecule has 3 N–H and O–H groups in total. The lowest BCUT2D eigenvalue weighted by Crippen LogP contribution is -2.44. The van der Waals surface area contributed by atoms with E-state index in [0.29, 0.717) is 6.61 Å². The fraction of sp³-hybridized carbons (Fsp3) is 0.923. The zero-order valence-corrected chi connectivity index (χ0v) is 11.1. The van der Waals surface area contributed by atoms with Gasteiger partial charge in [-0.15, -0.1) is 0 Å². The number of rotatable bonds is 5. The van der Waals surface area contributed by atoms with Crippen LogP contribution in [0, 0.1) is 5.92 Å². The van der Waals surface area contributed by atoms with Crippen LogP contribution in [0.3, 0.4) is 0 Å². The van der Waals surface area contributed by atoms with Gasteiger partial charge in [0.1, 0.15) is 0 Å². The lowest BCUT2D eigenvalue weighted by molar-refractivity contribution is -0.126. The lowest BCUT2D eigenvalue weighted by atomic mass is 9.94. The third-order valence-corrected chi connectivity index (χ3v) is 3.55. The van der Waals surface area contributed by atoms with Crippen molar-refractivity contribution in [2.75, 3.05) is 13.7 Å². The molecular formula is C13H26N2O2. The summed E-state index contributed by atoms with van der Waals surface area (Å²) in [6.07, 6.45) is 6.25. The molecule has 1 fully saturated rings. The van der Waals surface area contributed by atoms with Crippen LogP contribution in [-0.2, 0) is 9.53 Å². The molecule has 0 heterocycles. The molecule has 100 valence electrons. The first kappa shape index (κ1) is 14.5. The summed E-state index contributed by atoms with van der Waals surface area (Å²) in [7, 11) is 1.68. The molecule has 1 rings (SSSR count). The largest absolute Gasteiger partial charge is 0.385 e. The summed E-state index contributed by atoms with van der Waals surface area (Å²) in [5, 5.41) is 3.04. The maximum Gasteiger partial charge on any atom is 0.224 e. The van der Waals surface area contributed by atoms with E-state index in [1.807, 2.05) is 6.92 Å². The van der Waals surface area contributed by atoms with E-state index in [0.717, 1.165) is 32.1 Å². The van der Waals surface area contributed by atoms with Gasteiger partial charge in [0.2, 0.25) is 5.91 Å². The Morgan fingerprint density at radius 3 is 2.82 bits per heavy atom. The summed E-state index contributed by atoms with van der Waals surface area (Å²) in [5.41, 5.74) is 6.07. The molecule has 1 saturated carbocycles. The number of hydrogen-bond acceptors (Lipinski definition) is 3. The second kappa shape index (κ2) is 7.67. The summed E-state index contributed by atoms with van der Waals surface area (Å²) in [4.78, 5) is 12.1. The lowest BCUT2D eigenvalue weighted by Gasteiger charge is -2.23. The van der Waals surface area contributed by atoms with Gasteiger partial charge in [0.05, 0.1) is 5.92 Å². The van der Waals surface area contributed by atoms with Crippen LogP contribution >= 0.6 is 0 Å². The predicted molar refractivity (Wildman–Crippen MR) is 68.6 cm³/mol. The van der Waals surface area contributed by atoms with Gasteiger partial charge in [-0.05, 0) is 26.2 Å². The van der Waals surface area contributed by atoms with Crippen LogP contribution in [0.4, 0.5) is 0 Å². The molecule has 0 aromatic rings. The Morgan fingerprint density at radius 2 is 2.12 bits per heavy atom. The summed E-state index contributed by atoms with van der Waals surface area (Å²) in [6.45, 7) is 2.69. The van der Waals surface area contributed by atoms with Crippen molar-refractivity contribution in [2.24, 2.45) is 11.7 Å². The van der Waals surface area contributed by atoms with Gasteiger partial charge in [-0.1, -0.05) is 19.3 Å². The fourth-order valence-electron chi connectivity index (χ4n) is 2.38. The van der Waals surface area contributed by atoms with E-state index in [2.05, 4.69) is 5.32 Å². The number of nitrogens with one attached hydrogen (secondary N) is 1. The van der Waals surface area contributed by atoms with Gasteiger partial charge >= 0.3 is 0 Å². The maximum absolute atomic E-state index is 12.1. The minimum absolute atomic E-state index is 0.00231. The highest BCUT2D eigenvalue weighted by molar-refractivity contribution is 5.79. The van der Waals surface area contributed by atoms with Crippen LogP contribution in [0.5, 0.6) is 0 Å². The van der Waals surface area contributed by atoms with Crippen molar-refractivity contribution in [3.63, 3.8) is 0 Å². The van der Waals surface area contributed by atoms with Crippen LogP contribution in [0.25, 0.3) is 0 Å². The van der Waals surface area contributed by atoms with Gasteiger partial charge in [-0.3, -0.25) is 4.79 Å². The molecule has 3 atom stereocenters. The number of carbonyl (C=O) groups excluding carboxylic acids is 1. The van der Waals surface area contributed by atoms with Gasteiger partial charge in [0, 0.05) is 25.8 Å². The van der Waals surface area contributed by atoms with Crippen molar-refractivity contribution in [3.05, 3.63) is 0 Å². The van der Waals surface area contributed by atoms with Crippen LogP contribution in [0.15, 0.2) is 0 Å². The Kier molecular flexibility index (Phi) is 6.52. The second-order valence-corrected chi connectivity index (χ2v) is 5.10. The van der Waals surface area contributed by atoms with Crippen molar-refractivity contribution in [1.29, 1.82) is 0 Å². The van der Waals surface area contributed by atoms with Gasteiger partial charge in [-0.2, -0.15) is 0 Å². The maximum atomic E-state index is 12.1. The Morgan fingerprint density at radius 1 is 1.41 bits per heavy atom. The van der Waals surface area contributed by atoms with Gasteiger partial charge in [0.25, 0.3) is 0 Å². The molecule has 0 aromatic heterocycles. The van der Waals surface area contributed by atoms with Crippen LogP contribution in [0.2, 0.25) is 0 Å². The molecule has 0 radical (unpaired) electrons. The Balaban J connectivity index is 2.39. The van der Waals surface area contributed by atoms with E-state index in [4.69, 9.17) is 10.5 Å². The van der Waals surface area contributed by atoms with E-state index in [-0.39, 0.29) is 23.9 Å². The molecule has 0 aromatic carbocycles. The van der Waals surface area contributed by atoms with E-state index < -0.39 is 0 Å². The van der Waals surface area contributed by atoms with E-state index in [1.165, 1.54) is 6.42 Å². The number of hydrogen-bond donors (Lipinski definition) is 2. The SMILES string of the molecule is COCCC(C)NC(=O)C1CCCCCC1N. The third kappa shape index (κ3) is 5.04. The standard InChI is InChI=1S/C13H26N2O2/c1-10(8-9-17-2)15-13(16)11-6-4-3-5-7-12(11)14/h10-12H,3-9,14H2,1-2H3,(H,15,16). The van der Waals surface area contributed by atoms with Gasteiger partial charge in [0.15, 0.2) is 0 Å². The summed E-state index contributed by atoms with van der Waals surface area (Å²) >= 11 is 0. The molecule has 4 nitrogen and oxygen atoms in total. The van der Waals surface area contributed by atoms with Crippen molar-refractivity contribution in [2.45, 2.75) is 57.5 Å². The normalized spacial score (nSPS) is 27.2. The van der Waals surface area contributed by atoms with Crippen LogP contribution in [-0.4, -0.2) is 31.7 Å². The predicted octanol–water partition coefficient (Wildman–Crippen LogP) is 1.44. The van der Waals surface area contributed by atoms with Crippen LogP contribution < -0.4 is 11.1 Å². The third-order valence-electron chi connectivity index (χ3n) is 3.55. The van der Waals surface area contributed by atoms with Gasteiger partial charge < -0.3 is 15.8 Å². The quantitative estimate of drug-likeness (QED) is 0.717. The first-order chi connectivity index (χ1) is 8.15. The van der Waals surface area contributed by atoms with Crippen LogP contribution in [0.1, 0.15) is 45.4 Å². The molecule has 3 unspecified atom stereocenters. The zero-order valence-electron chi connectivity index (χ0n) is 11.1. The first-order valence-electron chi connectivity index (χ1n) is 6.70. The van der Waals surface area contributed by atoms with E-state index in [9.17, 15) is 4.79 Å². The molecule has 1 aliphatic carbocycles. The molecule has 1 aliphatic rings. The first-order valence-corrected chi connectivity index (χ1v) is 6.70. The van der Waals surface area contributed by atoms with Gasteiger partial charge in [-0.25, -0.2) is 0 Å². The number of methoxy groups -OCH3 is 1. The zero-order chi connectivity index (χ0) is 12.7. The molecule has 0 aliphatic heterocycles. The van der Waals surface area contributed by atoms with Crippen molar-refractivity contribution < 1.29 is 9.53 Å². The topological polar surface area (TPSA) is 64.3 Å².